The van der Waals surface area contributed by atoms with Crippen molar-refractivity contribution in [3.63, 3.8) is 0 Å². The fourth-order valence-electron chi connectivity index (χ4n) is 3.30. The molecule has 2 atom stereocenters. The van der Waals surface area contributed by atoms with Gasteiger partial charge >= 0.3 is 0 Å². The first-order valence-electron chi connectivity index (χ1n) is 8.65. The molecule has 0 aromatic heterocycles. The van der Waals surface area contributed by atoms with Crippen LogP contribution in [-0.2, 0) is 0 Å². The lowest BCUT2D eigenvalue weighted by molar-refractivity contribution is 0.0795. The average Bonchev–Trinajstić information content (AvgIpc) is 2.36. The SMILES string of the molecule is CC(C)CNCC(C)C(C)N(C)C1CCC(C)(C)CC1. The Balaban J connectivity index is 2.36. The smallest absolute Gasteiger partial charge is 0.0105 e. The topological polar surface area (TPSA) is 15.3 Å². The molecule has 1 rings (SSSR count). The monoisotopic (exact) mass is 282 g/mol. The molecule has 2 heteroatoms. The van der Waals surface area contributed by atoms with Gasteiger partial charge in [0.15, 0.2) is 0 Å². The van der Waals surface area contributed by atoms with E-state index in [-0.39, 0.29) is 0 Å². The van der Waals surface area contributed by atoms with Gasteiger partial charge in [0.1, 0.15) is 0 Å². The molecule has 0 amide bonds. The molecule has 0 aromatic carbocycles. The predicted molar refractivity (Wildman–Crippen MR) is 90.1 cm³/mol. The van der Waals surface area contributed by atoms with Gasteiger partial charge in [0.05, 0.1) is 0 Å². The first-order chi connectivity index (χ1) is 9.23. The summed E-state index contributed by atoms with van der Waals surface area (Å²) in [6.07, 6.45) is 5.52. The minimum absolute atomic E-state index is 0.574. The first kappa shape index (κ1) is 18.0. The molecule has 0 aliphatic heterocycles. The second kappa shape index (κ2) is 7.79. The van der Waals surface area contributed by atoms with E-state index in [1.165, 1.54) is 25.7 Å². The van der Waals surface area contributed by atoms with Gasteiger partial charge in [0, 0.05) is 12.1 Å². The summed E-state index contributed by atoms with van der Waals surface area (Å²) in [5.41, 5.74) is 0.574. The van der Waals surface area contributed by atoms with Crippen LogP contribution >= 0.6 is 0 Å². The molecule has 20 heavy (non-hydrogen) atoms. The largest absolute Gasteiger partial charge is 0.316 e. The van der Waals surface area contributed by atoms with E-state index in [0.717, 1.165) is 25.0 Å². The Kier molecular flexibility index (Phi) is 7.00. The average molecular weight is 283 g/mol. The lowest BCUT2D eigenvalue weighted by atomic mass is 9.75. The van der Waals surface area contributed by atoms with Gasteiger partial charge in [-0.05, 0) is 70.0 Å². The van der Waals surface area contributed by atoms with Gasteiger partial charge in [0.25, 0.3) is 0 Å². The lowest BCUT2D eigenvalue weighted by Crippen LogP contribution is -2.46. The Bertz CT molecular complexity index is 263. The Morgan fingerprint density at radius 3 is 2.10 bits per heavy atom. The molecule has 120 valence electrons. The van der Waals surface area contributed by atoms with Gasteiger partial charge in [0.2, 0.25) is 0 Å². The lowest BCUT2D eigenvalue weighted by Gasteiger charge is -2.42. The minimum atomic E-state index is 0.574. The van der Waals surface area contributed by atoms with E-state index in [1.807, 2.05) is 0 Å². The van der Waals surface area contributed by atoms with Crippen LogP contribution in [0.4, 0.5) is 0 Å². The molecule has 0 bridgehead atoms. The highest BCUT2D eigenvalue weighted by molar-refractivity contribution is 4.86. The summed E-state index contributed by atoms with van der Waals surface area (Å²) in [5.74, 6) is 1.46. The highest BCUT2D eigenvalue weighted by Crippen LogP contribution is 2.37. The van der Waals surface area contributed by atoms with E-state index >= 15 is 0 Å². The highest BCUT2D eigenvalue weighted by Gasteiger charge is 2.31. The standard InChI is InChI=1S/C18H38N2/c1-14(2)12-19-13-15(3)16(4)20(7)17-8-10-18(5,6)11-9-17/h14-17,19H,8-13H2,1-7H3. The van der Waals surface area contributed by atoms with Crippen LogP contribution in [0.5, 0.6) is 0 Å². The predicted octanol–water partition coefficient (Wildman–Crippen LogP) is 4.16. The maximum Gasteiger partial charge on any atom is 0.0105 e. The summed E-state index contributed by atoms with van der Waals surface area (Å²) < 4.78 is 0. The Labute approximate surface area is 127 Å². The van der Waals surface area contributed by atoms with Crippen molar-refractivity contribution in [2.24, 2.45) is 17.3 Å². The van der Waals surface area contributed by atoms with E-state index in [1.54, 1.807) is 0 Å². The van der Waals surface area contributed by atoms with Crippen LogP contribution in [0.15, 0.2) is 0 Å². The fourth-order valence-corrected chi connectivity index (χ4v) is 3.30. The number of hydrogen-bond acceptors (Lipinski definition) is 2. The molecule has 0 aromatic rings. The van der Waals surface area contributed by atoms with Crippen molar-refractivity contribution >= 4 is 0 Å². The van der Waals surface area contributed by atoms with E-state index < -0.39 is 0 Å². The van der Waals surface area contributed by atoms with Crippen LogP contribution in [0.1, 0.15) is 67.2 Å². The van der Waals surface area contributed by atoms with Crippen LogP contribution in [-0.4, -0.2) is 37.1 Å². The number of nitrogens with one attached hydrogen (secondary N) is 1. The van der Waals surface area contributed by atoms with Crippen molar-refractivity contribution in [2.75, 3.05) is 20.1 Å². The summed E-state index contributed by atoms with van der Waals surface area (Å²) in [5, 5.41) is 3.61. The van der Waals surface area contributed by atoms with Crippen LogP contribution in [0, 0.1) is 17.3 Å². The van der Waals surface area contributed by atoms with Gasteiger partial charge in [-0.3, -0.25) is 0 Å². The van der Waals surface area contributed by atoms with Crippen LogP contribution in [0.3, 0.4) is 0 Å². The molecule has 2 unspecified atom stereocenters. The Morgan fingerprint density at radius 1 is 1.05 bits per heavy atom. The quantitative estimate of drug-likeness (QED) is 0.754. The fraction of sp³-hybridized carbons (Fsp3) is 1.00. The first-order valence-corrected chi connectivity index (χ1v) is 8.65. The molecule has 0 radical (unpaired) electrons. The Morgan fingerprint density at radius 2 is 1.60 bits per heavy atom. The zero-order valence-electron chi connectivity index (χ0n) is 15.0. The van der Waals surface area contributed by atoms with E-state index in [0.29, 0.717) is 17.4 Å². The third kappa shape index (κ3) is 5.73. The van der Waals surface area contributed by atoms with Gasteiger partial charge in [-0.25, -0.2) is 0 Å². The third-order valence-electron chi connectivity index (χ3n) is 5.37. The number of nitrogens with zero attached hydrogens (tertiary/aromatic N) is 1. The second-order valence-electron chi connectivity index (χ2n) is 8.33. The van der Waals surface area contributed by atoms with E-state index in [2.05, 4.69) is 58.8 Å². The highest BCUT2D eigenvalue weighted by atomic mass is 15.2. The molecule has 0 spiro atoms. The van der Waals surface area contributed by atoms with Crippen molar-refractivity contribution < 1.29 is 0 Å². The molecule has 0 saturated heterocycles. The zero-order chi connectivity index (χ0) is 15.3. The molecule has 1 fully saturated rings. The molecule has 2 nitrogen and oxygen atoms in total. The summed E-state index contributed by atoms with van der Waals surface area (Å²) in [6, 6.07) is 1.46. The second-order valence-corrected chi connectivity index (χ2v) is 8.33. The molecule has 1 saturated carbocycles. The van der Waals surface area contributed by atoms with Crippen LogP contribution < -0.4 is 5.32 Å². The maximum absolute atomic E-state index is 3.61. The van der Waals surface area contributed by atoms with E-state index in [4.69, 9.17) is 0 Å². The van der Waals surface area contributed by atoms with Gasteiger partial charge in [-0.2, -0.15) is 0 Å². The van der Waals surface area contributed by atoms with Crippen molar-refractivity contribution in [1.82, 2.24) is 10.2 Å². The summed E-state index contributed by atoms with van der Waals surface area (Å²) in [7, 11) is 2.34. The summed E-state index contributed by atoms with van der Waals surface area (Å²) in [6.45, 7) is 16.5. The van der Waals surface area contributed by atoms with Gasteiger partial charge in [-0.15, -0.1) is 0 Å². The van der Waals surface area contributed by atoms with Gasteiger partial charge in [-0.1, -0.05) is 34.6 Å². The molecular formula is C18H38N2. The molecule has 1 N–H and O–H groups in total. The van der Waals surface area contributed by atoms with Crippen molar-refractivity contribution in [3.8, 4) is 0 Å². The van der Waals surface area contributed by atoms with Crippen molar-refractivity contribution in [3.05, 3.63) is 0 Å². The zero-order valence-corrected chi connectivity index (χ0v) is 15.0. The van der Waals surface area contributed by atoms with Crippen molar-refractivity contribution in [2.45, 2.75) is 79.3 Å². The normalized spacial score (nSPS) is 23.2. The van der Waals surface area contributed by atoms with Gasteiger partial charge < -0.3 is 10.2 Å². The van der Waals surface area contributed by atoms with Crippen LogP contribution in [0.2, 0.25) is 0 Å². The Hall–Kier alpha value is -0.0800. The maximum atomic E-state index is 3.61. The molecule has 1 aliphatic rings. The summed E-state index contributed by atoms with van der Waals surface area (Å²) in [4.78, 5) is 2.65. The molecule has 0 heterocycles. The minimum Gasteiger partial charge on any atom is -0.316 e. The molecular weight excluding hydrogens is 244 g/mol. The van der Waals surface area contributed by atoms with Crippen molar-refractivity contribution in [1.29, 1.82) is 0 Å². The summed E-state index contributed by atoms with van der Waals surface area (Å²) >= 11 is 0. The number of hydrogen-bond donors (Lipinski definition) is 1. The van der Waals surface area contributed by atoms with E-state index in [9.17, 15) is 0 Å². The molecule has 1 aliphatic carbocycles. The van der Waals surface area contributed by atoms with Crippen LogP contribution in [0.25, 0.3) is 0 Å². The third-order valence-corrected chi connectivity index (χ3v) is 5.37. The number of rotatable bonds is 7.